The maximum absolute atomic E-state index is 12.8. The van der Waals surface area contributed by atoms with Gasteiger partial charge in [0.1, 0.15) is 20.2 Å². The van der Waals surface area contributed by atoms with Gasteiger partial charge in [0, 0.05) is 5.56 Å². The van der Waals surface area contributed by atoms with Crippen LogP contribution in [0.3, 0.4) is 0 Å². The predicted molar refractivity (Wildman–Crippen MR) is 107 cm³/mol. The van der Waals surface area contributed by atoms with Crippen molar-refractivity contribution < 1.29 is 142 Å². The standard InChI is InChI=1S/C18H16N4O9S2.Cr.3Na/c1-9-7-11(32(26,27)28)4-6-15(9)22-17(23)16(10(2)21-22)20-19-14-8-12(33(29,30)31)3-5-13(14)18(24)25;;;;/h3-8,21H,1-2H3,(H,24,25)(H,26,27,28)(H,29,30,31);;;;/q;+3;3*+1/p-3. The molecule has 1 radical (unpaired) electrons. The summed E-state index contributed by atoms with van der Waals surface area (Å²) in [6, 6.07) is 5.61. The molecule has 0 atom stereocenters. The molecule has 0 aliphatic carbocycles. The number of aromatic amines is 1. The van der Waals surface area contributed by atoms with Crippen LogP contribution >= 0.6 is 0 Å². The average Bonchev–Trinajstić information content (AvgIpc) is 2.98. The van der Waals surface area contributed by atoms with Crippen LogP contribution in [0.4, 0.5) is 11.4 Å². The van der Waals surface area contributed by atoms with Gasteiger partial charge in [-0.3, -0.25) is 9.89 Å². The summed E-state index contributed by atoms with van der Waals surface area (Å²) in [6.45, 7) is 2.91. The Labute approximate surface area is 288 Å². The van der Waals surface area contributed by atoms with Gasteiger partial charge < -0.3 is 19.0 Å². The average molecular weight is 614 g/mol. The van der Waals surface area contributed by atoms with Crippen molar-refractivity contribution in [2.45, 2.75) is 23.6 Å². The van der Waals surface area contributed by atoms with Crippen molar-refractivity contribution in [3.8, 4) is 5.69 Å². The number of carbonyl (C=O) groups is 1. The molecule has 2 aromatic carbocycles. The van der Waals surface area contributed by atoms with E-state index in [4.69, 9.17) is 0 Å². The summed E-state index contributed by atoms with van der Waals surface area (Å²) in [4.78, 5) is 22.8. The van der Waals surface area contributed by atoms with Crippen molar-refractivity contribution in [2.24, 2.45) is 10.2 Å². The van der Waals surface area contributed by atoms with E-state index < -0.39 is 52.8 Å². The molecule has 1 heterocycles. The number of aryl methyl sites for hydroxylation is 2. The SMILES string of the molecule is Cc1cc(S(=O)(=O)[O-])ccc1-n1[nH]c(C)c(N=Nc2cc(S(=O)(=O)[O-])ccc2C(=O)[O-])c1=O.[Cr+3].[Na+].[Na+].[Na+]. The first-order valence-corrected chi connectivity index (χ1v) is 11.6. The molecule has 0 unspecified atom stereocenters. The number of H-pyrrole nitrogens is 1. The Morgan fingerprint density at radius 3 is 1.89 bits per heavy atom. The van der Waals surface area contributed by atoms with Crippen LogP contribution in [0.1, 0.15) is 21.6 Å². The maximum Gasteiger partial charge on any atom is 3.00 e. The number of hydrogen-bond acceptors (Lipinski definition) is 11. The predicted octanol–water partition coefficient (Wildman–Crippen LogP) is -8.62. The minimum atomic E-state index is -4.92. The van der Waals surface area contributed by atoms with E-state index in [2.05, 4.69) is 15.3 Å². The van der Waals surface area contributed by atoms with E-state index in [1.54, 1.807) is 0 Å². The number of aromatic carboxylic acids is 1. The van der Waals surface area contributed by atoms with Crippen molar-refractivity contribution in [1.29, 1.82) is 0 Å². The van der Waals surface area contributed by atoms with E-state index in [0.717, 1.165) is 28.9 Å². The summed E-state index contributed by atoms with van der Waals surface area (Å²) in [5.74, 6) is -1.72. The van der Waals surface area contributed by atoms with Gasteiger partial charge in [0.15, 0.2) is 5.69 Å². The summed E-state index contributed by atoms with van der Waals surface area (Å²) < 4.78 is 68.2. The van der Waals surface area contributed by atoms with Crippen LogP contribution in [0, 0.1) is 13.8 Å². The Balaban J connectivity index is 0. The van der Waals surface area contributed by atoms with E-state index in [0.29, 0.717) is 6.07 Å². The third-order valence-electron chi connectivity index (χ3n) is 4.47. The monoisotopic (exact) mass is 614 g/mol. The quantitative estimate of drug-likeness (QED) is 0.158. The Bertz CT molecular complexity index is 1600. The van der Waals surface area contributed by atoms with Gasteiger partial charge in [-0.05, 0) is 55.8 Å². The van der Waals surface area contributed by atoms with E-state index in [-0.39, 0.29) is 129 Å². The fourth-order valence-corrected chi connectivity index (χ4v) is 3.93. The first kappa shape index (κ1) is 39.0. The molecule has 0 spiro atoms. The second-order valence-corrected chi connectivity index (χ2v) is 9.51. The van der Waals surface area contributed by atoms with Crippen LogP contribution in [-0.2, 0) is 37.6 Å². The van der Waals surface area contributed by atoms with Crippen LogP contribution < -0.4 is 99.3 Å². The first-order chi connectivity index (χ1) is 15.2. The molecule has 0 saturated carbocycles. The maximum atomic E-state index is 12.8. The van der Waals surface area contributed by atoms with Crippen LogP contribution in [0.15, 0.2) is 61.2 Å². The van der Waals surface area contributed by atoms with Crippen molar-refractivity contribution in [3.05, 3.63) is 63.6 Å². The molecule has 0 aliphatic heterocycles. The molecular formula is C18H13CrN4Na3O9S2+3. The fraction of sp³-hybridized carbons (Fsp3) is 0.111. The van der Waals surface area contributed by atoms with Gasteiger partial charge in [-0.1, -0.05) is 0 Å². The van der Waals surface area contributed by atoms with Crippen LogP contribution in [0.25, 0.3) is 5.69 Å². The first-order valence-electron chi connectivity index (χ1n) is 8.81. The Hall–Kier alpha value is -0.128. The van der Waals surface area contributed by atoms with Crippen molar-refractivity contribution in [2.75, 3.05) is 0 Å². The van der Waals surface area contributed by atoms with E-state index in [1.165, 1.54) is 19.9 Å². The van der Waals surface area contributed by atoms with E-state index >= 15 is 0 Å². The minimum Gasteiger partial charge on any atom is -0.744 e. The van der Waals surface area contributed by atoms with Crippen LogP contribution in [0.2, 0.25) is 0 Å². The molecule has 0 saturated heterocycles. The number of azo groups is 1. The van der Waals surface area contributed by atoms with Gasteiger partial charge in [0.2, 0.25) is 0 Å². The van der Waals surface area contributed by atoms with Gasteiger partial charge in [-0.15, -0.1) is 10.2 Å². The molecule has 19 heteroatoms. The number of carboxylic acids is 1. The number of rotatable bonds is 6. The molecule has 0 bridgehead atoms. The molecule has 0 aliphatic rings. The molecule has 0 fully saturated rings. The smallest absolute Gasteiger partial charge is 0.744 e. The molecule has 1 aromatic heterocycles. The number of carbonyl (C=O) groups excluding carboxylic acids is 1. The minimum absolute atomic E-state index is 0. The molecule has 13 nitrogen and oxygen atoms in total. The number of nitrogens with one attached hydrogen (secondary N) is 1. The van der Waals surface area contributed by atoms with Crippen molar-refractivity contribution >= 4 is 37.6 Å². The zero-order valence-corrected chi connectivity index (χ0v) is 29.1. The van der Waals surface area contributed by atoms with Gasteiger partial charge >= 0.3 is 106 Å². The topological polar surface area (TPSA) is 217 Å². The summed E-state index contributed by atoms with van der Waals surface area (Å²) in [5.41, 5.74) is -1.50. The summed E-state index contributed by atoms with van der Waals surface area (Å²) in [6.07, 6.45) is 0. The zero-order valence-electron chi connectivity index (χ0n) is 20.2. The van der Waals surface area contributed by atoms with Crippen molar-refractivity contribution in [1.82, 2.24) is 9.78 Å². The van der Waals surface area contributed by atoms with Gasteiger partial charge in [-0.25, -0.2) is 21.5 Å². The molecule has 3 aromatic rings. The van der Waals surface area contributed by atoms with Crippen LogP contribution in [-0.4, -0.2) is 41.7 Å². The van der Waals surface area contributed by atoms with Crippen LogP contribution in [0.5, 0.6) is 0 Å². The number of carboxylic acid groups (broad SMARTS) is 1. The molecule has 0 amide bonds. The Morgan fingerprint density at radius 1 is 0.892 bits per heavy atom. The summed E-state index contributed by atoms with van der Waals surface area (Å²) in [5, 5.41) is 21.3. The second kappa shape index (κ2) is 15.0. The van der Waals surface area contributed by atoms with Gasteiger partial charge in [-0.2, -0.15) is 0 Å². The molecule has 3 rings (SSSR count). The molecular weight excluding hydrogens is 601 g/mol. The van der Waals surface area contributed by atoms with Crippen molar-refractivity contribution in [3.63, 3.8) is 0 Å². The van der Waals surface area contributed by atoms with E-state index in [9.17, 15) is 40.6 Å². The largest absolute Gasteiger partial charge is 3.00 e. The Morgan fingerprint density at radius 2 is 1.41 bits per heavy atom. The number of nitrogens with zero attached hydrogens (tertiary/aromatic N) is 3. The normalized spacial score (nSPS) is 11.0. The Kier molecular flexibility index (Phi) is 15.9. The summed E-state index contributed by atoms with van der Waals surface area (Å²) >= 11 is 0. The molecule has 1 N–H and O–H groups in total. The second-order valence-electron chi connectivity index (χ2n) is 6.75. The third kappa shape index (κ3) is 9.20. The fourth-order valence-electron chi connectivity index (χ4n) is 2.89. The zero-order chi connectivity index (χ0) is 24.7. The van der Waals surface area contributed by atoms with Gasteiger partial charge in [0.25, 0.3) is 5.56 Å². The third-order valence-corrected chi connectivity index (χ3v) is 6.14. The number of aromatic nitrogens is 2. The van der Waals surface area contributed by atoms with Gasteiger partial charge in [0.05, 0.1) is 32.8 Å². The summed E-state index contributed by atoms with van der Waals surface area (Å²) in [7, 11) is -9.62. The number of hydrogen-bond donors (Lipinski definition) is 1. The number of benzene rings is 2. The van der Waals surface area contributed by atoms with E-state index in [1.807, 2.05) is 0 Å². The molecule has 37 heavy (non-hydrogen) atoms. The molecule has 177 valence electrons.